The number of nitrogens with zero attached hydrogens (tertiary/aromatic N) is 2. The van der Waals surface area contributed by atoms with E-state index in [1.807, 2.05) is 0 Å². The average molecular weight is 396 g/mol. The lowest BCUT2D eigenvalue weighted by molar-refractivity contribution is -0.385. The molecule has 1 aromatic carbocycles. The van der Waals surface area contributed by atoms with E-state index in [1.165, 1.54) is 25.3 Å². The van der Waals surface area contributed by atoms with Crippen LogP contribution < -0.4 is 4.74 Å². The van der Waals surface area contributed by atoms with E-state index in [1.54, 1.807) is 19.9 Å². The summed E-state index contributed by atoms with van der Waals surface area (Å²) in [5.74, 6) is -0.882. The van der Waals surface area contributed by atoms with Gasteiger partial charge < -0.3 is 9.47 Å². The van der Waals surface area contributed by atoms with Crippen LogP contribution in [0.15, 0.2) is 23.1 Å². The van der Waals surface area contributed by atoms with Gasteiger partial charge in [0, 0.05) is 6.07 Å². The van der Waals surface area contributed by atoms with Gasteiger partial charge in [-0.05, 0) is 31.6 Å². The van der Waals surface area contributed by atoms with E-state index in [0.717, 1.165) is 16.7 Å². The zero-order valence-electron chi connectivity index (χ0n) is 14.3. The first-order valence-electron chi connectivity index (χ1n) is 7.50. The molecule has 0 aliphatic carbocycles. The van der Waals surface area contributed by atoms with Crippen molar-refractivity contribution in [3.05, 3.63) is 38.8 Å². The molecule has 1 aliphatic heterocycles. The lowest BCUT2D eigenvalue weighted by atomic mass is 10.1. The van der Waals surface area contributed by atoms with Crippen molar-refractivity contribution in [1.29, 1.82) is 0 Å². The third-order valence-corrected chi connectivity index (χ3v) is 4.60. The number of thiocarbonyl (C=S) groups is 1. The number of nitro benzene ring substituents is 1. The highest BCUT2D eigenvalue weighted by Crippen LogP contribution is 2.34. The Labute approximate surface area is 159 Å². The number of hydrogen-bond donors (Lipinski definition) is 0. The van der Waals surface area contributed by atoms with Crippen molar-refractivity contribution >= 4 is 51.9 Å². The van der Waals surface area contributed by atoms with Crippen molar-refractivity contribution in [1.82, 2.24) is 4.90 Å². The molecule has 26 heavy (non-hydrogen) atoms. The monoisotopic (exact) mass is 396 g/mol. The van der Waals surface area contributed by atoms with Gasteiger partial charge >= 0.3 is 11.7 Å². The van der Waals surface area contributed by atoms with E-state index < -0.39 is 16.8 Å². The molecule has 0 atom stereocenters. The zero-order chi connectivity index (χ0) is 19.4. The second kappa shape index (κ2) is 8.28. The molecular weight excluding hydrogens is 380 g/mol. The Morgan fingerprint density at radius 1 is 1.46 bits per heavy atom. The number of amides is 1. The molecule has 0 aromatic heterocycles. The van der Waals surface area contributed by atoms with Crippen LogP contribution in [-0.4, -0.2) is 45.8 Å². The van der Waals surface area contributed by atoms with Crippen LogP contribution in [0.5, 0.6) is 5.75 Å². The van der Waals surface area contributed by atoms with E-state index in [9.17, 15) is 19.7 Å². The maximum absolute atomic E-state index is 12.5. The first kappa shape index (κ1) is 19.9. The number of nitro groups is 1. The third-order valence-electron chi connectivity index (χ3n) is 3.23. The molecule has 8 nitrogen and oxygen atoms in total. The van der Waals surface area contributed by atoms with Gasteiger partial charge in [-0.25, -0.2) is 0 Å². The summed E-state index contributed by atoms with van der Waals surface area (Å²) in [5.41, 5.74) is 0.236. The van der Waals surface area contributed by atoms with Crippen LogP contribution in [0.25, 0.3) is 6.08 Å². The van der Waals surface area contributed by atoms with E-state index in [0.29, 0.717) is 5.56 Å². The highest BCUT2D eigenvalue weighted by Gasteiger charge is 2.34. The molecule has 0 saturated carbocycles. The van der Waals surface area contributed by atoms with Crippen molar-refractivity contribution in [3.63, 3.8) is 0 Å². The fourth-order valence-electron chi connectivity index (χ4n) is 2.16. The van der Waals surface area contributed by atoms with Crippen molar-refractivity contribution in [2.24, 2.45) is 0 Å². The predicted molar refractivity (Wildman–Crippen MR) is 101 cm³/mol. The number of thioether (sulfide) groups is 1. The molecule has 0 bridgehead atoms. The molecule has 0 radical (unpaired) electrons. The molecule has 1 amide bonds. The smallest absolute Gasteiger partial charge is 0.326 e. The minimum atomic E-state index is -0.566. The summed E-state index contributed by atoms with van der Waals surface area (Å²) in [6, 6.07) is 4.34. The van der Waals surface area contributed by atoms with Gasteiger partial charge in [0.05, 0.1) is 23.0 Å². The molecule has 0 unspecified atom stereocenters. The summed E-state index contributed by atoms with van der Waals surface area (Å²) in [4.78, 5) is 36.2. The zero-order valence-corrected chi connectivity index (χ0v) is 15.9. The van der Waals surface area contributed by atoms with Crippen molar-refractivity contribution < 1.29 is 24.0 Å². The van der Waals surface area contributed by atoms with E-state index >= 15 is 0 Å². The van der Waals surface area contributed by atoms with E-state index in [2.05, 4.69) is 0 Å². The van der Waals surface area contributed by atoms with Gasteiger partial charge in [-0.2, -0.15) is 0 Å². The molecule has 1 aliphatic rings. The SMILES string of the molecule is COc1ccc(C=C2SC(=S)N(CC(=O)OC(C)C)C2=O)cc1[N+](=O)[O-]. The summed E-state index contributed by atoms with van der Waals surface area (Å²) in [6.45, 7) is 3.14. The Bertz CT molecular complexity index is 806. The van der Waals surface area contributed by atoms with Gasteiger partial charge in [-0.3, -0.25) is 24.6 Å². The topological polar surface area (TPSA) is 99.0 Å². The first-order valence-corrected chi connectivity index (χ1v) is 8.72. The number of carbonyl (C=O) groups excluding carboxylic acids is 2. The Balaban J connectivity index is 2.23. The van der Waals surface area contributed by atoms with Crippen LogP contribution >= 0.6 is 24.0 Å². The minimum absolute atomic E-state index is 0.121. The van der Waals surface area contributed by atoms with Crippen LogP contribution in [-0.2, 0) is 14.3 Å². The number of methoxy groups -OCH3 is 1. The quantitative estimate of drug-likeness (QED) is 0.238. The molecule has 2 rings (SSSR count). The van der Waals surface area contributed by atoms with Crippen molar-refractivity contribution in [2.75, 3.05) is 13.7 Å². The van der Waals surface area contributed by atoms with Crippen LogP contribution in [0.2, 0.25) is 0 Å². The Kier molecular flexibility index (Phi) is 6.32. The fourth-order valence-corrected chi connectivity index (χ4v) is 3.41. The Morgan fingerprint density at radius 3 is 2.73 bits per heavy atom. The molecule has 1 aromatic rings. The minimum Gasteiger partial charge on any atom is -0.490 e. The second-order valence-electron chi connectivity index (χ2n) is 5.49. The summed E-state index contributed by atoms with van der Waals surface area (Å²) < 4.78 is 10.2. The fraction of sp³-hybridized carbons (Fsp3) is 0.312. The summed E-state index contributed by atoms with van der Waals surface area (Å²) in [6.07, 6.45) is 1.19. The molecule has 10 heteroatoms. The average Bonchev–Trinajstić information content (AvgIpc) is 2.81. The van der Waals surface area contributed by atoms with Gasteiger partial charge in [0.1, 0.15) is 10.9 Å². The lowest BCUT2D eigenvalue weighted by Gasteiger charge is -2.14. The number of carbonyl (C=O) groups is 2. The number of esters is 1. The molecule has 0 N–H and O–H groups in total. The van der Waals surface area contributed by atoms with Gasteiger partial charge in [-0.15, -0.1) is 0 Å². The number of rotatable bonds is 6. The number of hydrogen-bond acceptors (Lipinski definition) is 8. The van der Waals surface area contributed by atoms with Crippen LogP contribution in [0.4, 0.5) is 5.69 Å². The first-order chi connectivity index (χ1) is 12.2. The molecule has 138 valence electrons. The lowest BCUT2D eigenvalue weighted by Crippen LogP contribution is -2.35. The largest absolute Gasteiger partial charge is 0.490 e. The van der Waals surface area contributed by atoms with Crippen molar-refractivity contribution in [3.8, 4) is 5.75 Å². The molecule has 1 fully saturated rings. The summed E-state index contributed by atoms with van der Waals surface area (Å²) in [5, 5.41) is 11.1. The second-order valence-corrected chi connectivity index (χ2v) is 7.17. The normalized spacial score (nSPS) is 15.7. The molecule has 1 saturated heterocycles. The maximum Gasteiger partial charge on any atom is 0.326 e. The van der Waals surface area contributed by atoms with Gasteiger partial charge in [0.15, 0.2) is 5.75 Å². The Hall–Kier alpha value is -2.46. The van der Waals surface area contributed by atoms with Gasteiger partial charge in [0.2, 0.25) is 0 Å². The predicted octanol–water partition coefficient (Wildman–Crippen LogP) is 2.76. The van der Waals surface area contributed by atoms with E-state index in [-0.39, 0.29) is 33.3 Å². The standard InChI is InChI=1S/C16H16N2O6S2/c1-9(2)24-14(19)8-17-15(20)13(26-16(17)25)7-10-4-5-12(23-3)11(6-10)18(21)22/h4-7,9H,8H2,1-3H3. The van der Waals surface area contributed by atoms with Gasteiger partial charge in [-0.1, -0.05) is 30.0 Å². The van der Waals surface area contributed by atoms with Gasteiger partial charge in [0.25, 0.3) is 5.91 Å². The van der Waals surface area contributed by atoms with Crippen LogP contribution in [0.3, 0.4) is 0 Å². The molecule has 0 spiro atoms. The summed E-state index contributed by atoms with van der Waals surface area (Å²) >= 11 is 6.16. The van der Waals surface area contributed by atoms with Crippen molar-refractivity contribution in [2.45, 2.75) is 20.0 Å². The highest BCUT2D eigenvalue weighted by atomic mass is 32.2. The third kappa shape index (κ3) is 4.58. The Morgan fingerprint density at radius 2 is 2.15 bits per heavy atom. The maximum atomic E-state index is 12.5. The molecule has 1 heterocycles. The summed E-state index contributed by atoms with van der Waals surface area (Å²) in [7, 11) is 1.34. The number of benzene rings is 1. The molecular formula is C16H16N2O6S2. The van der Waals surface area contributed by atoms with E-state index in [4.69, 9.17) is 21.7 Å². The number of ether oxygens (including phenoxy) is 2. The van der Waals surface area contributed by atoms with Crippen LogP contribution in [0, 0.1) is 10.1 Å². The van der Waals surface area contributed by atoms with Crippen LogP contribution in [0.1, 0.15) is 19.4 Å². The highest BCUT2D eigenvalue weighted by molar-refractivity contribution is 8.26.